The summed E-state index contributed by atoms with van der Waals surface area (Å²) in [6.45, 7) is 9.85. The molecule has 0 saturated carbocycles. The van der Waals surface area contributed by atoms with Gasteiger partial charge in [0.1, 0.15) is 42.4 Å². The number of hydrogen-bond donors (Lipinski definition) is 5. The van der Waals surface area contributed by atoms with Gasteiger partial charge in [-0.2, -0.15) is 0 Å². The number of likely N-dealkylation sites (N-methyl/N-ethyl adjacent to an activating group) is 1. The molecule has 1 unspecified atom stereocenters. The predicted molar refractivity (Wildman–Crippen MR) is 269 cm³/mol. The number of carbonyl (C=O) groups excluding carboxylic acids is 4. The number of aliphatic hydroxyl groups is 1. The molecule has 3 atom stereocenters. The number of hydrogen-bond acceptors (Lipinski definition) is 14. The van der Waals surface area contributed by atoms with Crippen molar-refractivity contribution < 1.29 is 42.9 Å². The Hall–Kier alpha value is -6.09. The van der Waals surface area contributed by atoms with Crippen LogP contribution in [0, 0.1) is 18.2 Å². The Balaban J connectivity index is 0.858. The average molecular weight is 1000 g/mol. The fourth-order valence-electron chi connectivity index (χ4n) is 7.72. The van der Waals surface area contributed by atoms with Crippen molar-refractivity contribution in [2.75, 3.05) is 70.9 Å². The Morgan fingerprint density at radius 2 is 1.79 bits per heavy atom. The molecule has 4 amide bonds. The molecule has 1 aliphatic rings. The third-order valence-corrected chi connectivity index (χ3v) is 12.7. The molecule has 5 aromatic rings. The molecular formula is C50H61ClFN9O8S. The van der Waals surface area contributed by atoms with Crippen LogP contribution < -0.4 is 26.0 Å². The number of ether oxygens (including phenoxy) is 3. The maximum atomic E-state index is 14.0. The number of thiazole rings is 1. The third-order valence-electron chi connectivity index (χ3n) is 11.4. The summed E-state index contributed by atoms with van der Waals surface area (Å²) >= 11 is 7.52. The summed E-state index contributed by atoms with van der Waals surface area (Å²) in [7, 11) is 3.43. The SMILES string of the molecule is COc1cc2ncnc(Nc3ccc(F)c(Cl)c3)c2cc1NC(=O)/C=C/CN(C)CCCOCCCOCC(=O)N[C@H](C(=O)N1CC(O)C[C@@H]1C(=O)NCc1ccc(-c2scnc2C)cc1)C(C)(C)C. The second-order valence-corrected chi connectivity index (χ2v) is 19.3. The smallest absolute Gasteiger partial charge is 0.248 e. The van der Waals surface area contributed by atoms with Gasteiger partial charge in [-0.05, 0) is 67.6 Å². The highest BCUT2D eigenvalue weighted by molar-refractivity contribution is 7.13. The van der Waals surface area contributed by atoms with E-state index in [1.807, 2.05) is 69.4 Å². The molecule has 3 aromatic carbocycles. The van der Waals surface area contributed by atoms with E-state index in [-0.39, 0.29) is 49.6 Å². The number of halogens is 2. The number of nitrogens with zero attached hydrogens (tertiary/aromatic N) is 5. The average Bonchev–Trinajstić information content (AvgIpc) is 3.95. The number of β-amino-alcohol motifs (C(OH)–C–C–N with tert-alkyl or cyclic N) is 1. The van der Waals surface area contributed by atoms with Gasteiger partial charge >= 0.3 is 0 Å². The predicted octanol–water partition coefficient (Wildman–Crippen LogP) is 6.66. The Morgan fingerprint density at radius 1 is 1.03 bits per heavy atom. The van der Waals surface area contributed by atoms with E-state index >= 15 is 0 Å². The van der Waals surface area contributed by atoms with Crippen molar-refractivity contribution in [1.82, 2.24) is 35.4 Å². The number of aryl methyl sites for hydroxylation is 1. The number of benzene rings is 3. The minimum Gasteiger partial charge on any atom is -0.494 e. The second-order valence-electron chi connectivity index (χ2n) is 18.0. The van der Waals surface area contributed by atoms with Crippen molar-refractivity contribution in [3.05, 3.63) is 101 Å². The molecular weight excluding hydrogens is 941 g/mol. The van der Waals surface area contributed by atoms with E-state index in [0.717, 1.165) is 34.7 Å². The normalized spacial score (nSPS) is 15.4. The molecule has 3 heterocycles. The maximum absolute atomic E-state index is 14.0. The number of anilines is 3. The van der Waals surface area contributed by atoms with Crippen molar-refractivity contribution in [1.29, 1.82) is 0 Å². The quantitative estimate of drug-likeness (QED) is 0.0343. The molecule has 6 rings (SSSR count). The lowest BCUT2D eigenvalue weighted by Gasteiger charge is -2.35. The molecule has 374 valence electrons. The van der Waals surface area contributed by atoms with E-state index in [1.54, 1.807) is 29.5 Å². The lowest BCUT2D eigenvalue weighted by Crippen LogP contribution is -2.58. The Morgan fingerprint density at radius 3 is 2.50 bits per heavy atom. The van der Waals surface area contributed by atoms with Crippen LogP contribution in [0.25, 0.3) is 21.3 Å². The number of amides is 4. The molecule has 0 spiro atoms. The molecule has 17 nitrogen and oxygen atoms in total. The van der Waals surface area contributed by atoms with Gasteiger partial charge in [-0.25, -0.2) is 19.3 Å². The van der Waals surface area contributed by atoms with Gasteiger partial charge in [-0.15, -0.1) is 11.3 Å². The zero-order valence-electron chi connectivity index (χ0n) is 40.2. The first-order valence-corrected chi connectivity index (χ1v) is 24.2. The number of methoxy groups -OCH3 is 1. The van der Waals surface area contributed by atoms with Crippen LogP contribution in [-0.4, -0.2) is 132 Å². The van der Waals surface area contributed by atoms with Gasteiger partial charge in [-0.1, -0.05) is 62.7 Å². The number of aromatic nitrogens is 3. The van der Waals surface area contributed by atoms with Crippen molar-refractivity contribution in [3.8, 4) is 16.2 Å². The summed E-state index contributed by atoms with van der Waals surface area (Å²) in [6, 6.07) is 13.6. The molecule has 70 heavy (non-hydrogen) atoms. The molecule has 0 bridgehead atoms. The van der Waals surface area contributed by atoms with E-state index in [2.05, 4.69) is 36.2 Å². The Bertz CT molecular complexity index is 2630. The topological polar surface area (TPSA) is 209 Å². The zero-order valence-corrected chi connectivity index (χ0v) is 41.8. The highest BCUT2D eigenvalue weighted by Crippen LogP contribution is 2.34. The summed E-state index contributed by atoms with van der Waals surface area (Å²) in [5.41, 5.74) is 5.49. The molecule has 0 aliphatic carbocycles. The third kappa shape index (κ3) is 15.0. The van der Waals surface area contributed by atoms with Crippen LogP contribution in [0.5, 0.6) is 5.75 Å². The monoisotopic (exact) mass is 1000 g/mol. The van der Waals surface area contributed by atoms with Gasteiger partial charge in [0.2, 0.25) is 23.6 Å². The lowest BCUT2D eigenvalue weighted by molar-refractivity contribution is -0.144. The molecule has 20 heteroatoms. The van der Waals surface area contributed by atoms with Gasteiger partial charge in [0.25, 0.3) is 0 Å². The van der Waals surface area contributed by atoms with Gasteiger partial charge in [0, 0.05) is 75.6 Å². The Labute approximate surface area is 416 Å². The standard InChI is InChI=1S/C50H61ClFN9O8S/c1-31-45(70-30-56-31)33-13-11-32(12-14-33)26-53-48(65)41-23-35(62)27-61(41)49(66)46(50(2,3)4)59-44(64)28-69-21-9-20-68-19-8-18-60(5)17-7-10-43(63)58-40-24-36-39(25-42(40)67-6)54-29-55-47(36)57-34-15-16-38(52)37(51)22-34/h7,10-16,22,24-25,29-30,35,41,46,62H,8-9,17-21,23,26-28H2,1-6H3,(H,53,65)(H,58,63)(H,59,64)(H,54,55,57)/b10-7+/t35?,41-,46-/m1/s1. The van der Waals surface area contributed by atoms with Crippen molar-refractivity contribution in [2.45, 2.75) is 71.7 Å². The highest BCUT2D eigenvalue weighted by atomic mass is 35.5. The largest absolute Gasteiger partial charge is 0.494 e. The summed E-state index contributed by atoms with van der Waals surface area (Å²) in [5, 5.41) is 22.8. The number of fused-ring (bicyclic) bond motifs is 1. The van der Waals surface area contributed by atoms with Crippen LogP contribution in [0.4, 0.5) is 21.6 Å². The van der Waals surface area contributed by atoms with E-state index in [1.165, 1.54) is 42.6 Å². The minimum absolute atomic E-state index is 0.0215. The summed E-state index contributed by atoms with van der Waals surface area (Å²) in [4.78, 5) is 70.8. The fourth-order valence-corrected chi connectivity index (χ4v) is 8.71. The van der Waals surface area contributed by atoms with Crippen LogP contribution in [-0.2, 0) is 35.2 Å². The zero-order chi connectivity index (χ0) is 50.4. The van der Waals surface area contributed by atoms with Crippen molar-refractivity contribution >= 4 is 74.7 Å². The van der Waals surface area contributed by atoms with Gasteiger partial charge in [0.05, 0.1) is 45.5 Å². The number of likely N-dealkylation sites (tertiary alicyclic amines) is 1. The number of nitrogens with one attached hydrogen (secondary N) is 4. The molecule has 5 N–H and O–H groups in total. The van der Waals surface area contributed by atoms with Gasteiger partial charge in [-0.3, -0.25) is 19.2 Å². The molecule has 0 radical (unpaired) electrons. The summed E-state index contributed by atoms with van der Waals surface area (Å²) in [6.07, 6.45) is 5.10. The first-order chi connectivity index (χ1) is 33.5. The maximum Gasteiger partial charge on any atom is 0.248 e. The lowest BCUT2D eigenvalue weighted by atomic mass is 9.85. The van der Waals surface area contributed by atoms with Crippen molar-refractivity contribution in [3.63, 3.8) is 0 Å². The summed E-state index contributed by atoms with van der Waals surface area (Å²) < 4.78 is 30.6. The number of aliphatic hydroxyl groups excluding tert-OH is 1. The first-order valence-electron chi connectivity index (χ1n) is 22.9. The first kappa shape index (κ1) is 53.3. The van der Waals surface area contributed by atoms with E-state index in [4.69, 9.17) is 25.8 Å². The Kier molecular flexibility index (Phi) is 19.1. The van der Waals surface area contributed by atoms with Gasteiger partial charge < -0.3 is 50.4 Å². The van der Waals surface area contributed by atoms with E-state index in [0.29, 0.717) is 60.0 Å². The fraction of sp³-hybridized carbons (Fsp3) is 0.420. The molecule has 1 saturated heterocycles. The number of rotatable bonds is 23. The van der Waals surface area contributed by atoms with Crippen LogP contribution in [0.15, 0.2) is 78.6 Å². The summed E-state index contributed by atoms with van der Waals surface area (Å²) in [5.74, 6) is -1.35. The molecule has 2 aromatic heterocycles. The van der Waals surface area contributed by atoms with Crippen LogP contribution in [0.2, 0.25) is 5.02 Å². The van der Waals surface area contributed by atoms with Crippen LogP contribution >= 0.6 is 22.9 Å². The van der Waals surface area contributed by atoms with Crippen molar-refractivity contribution in [2.24, 2.45) is 5.41 Å². The van der Waals surface area contributed by atoms with Crippen LogP contribution in [0.3, 0.4) is 0 Å². The van der Waals surface area contributed by atoms with Gasteiger partial charge in [0.15, 0.2) is 0 Å². The van der Waals surface area contributed by atoms with Crippen LogP contribution in [0.1, 0.15) is 51.3 Å². The second kappa shape index (κ2) is 25.2. The molecule has 1 fully saturated rings. The minimum atomic E-state index is -0.966. The highest BCUT2D eigenvalue weighted by Gasteiger charge is 2.44. The van der Waals surface area contributed by atoms with E-state index < -0.39 is 41.2 Å². The molecule has 1 aliphatic heterocycles. The number of carbonyl (C=O) groups is 4. The van der Waals surface area contributed by atoms with E-state index in [9.17, 15) is 28.7 Å².